The molecule has 0 aromatic heterocycles. The molecule has 3 nitrogen and oxygen atoms in total. The van der Waals surface area contributed by atoms with Crippen molar-refractivity contribution in [3.8, 4) is 0 Å². The Morgan fingerprint density at radius 1 is 1.86 bits per heavy atom. The summed E-state index contributed by atoms with van der Waals surface area (Å²) in [5, 5.41) is 11.1. The van der Waals surface area contributed by atoms with E-state index < -0.39 is 0 Å². The van der Waals surface area contributed by atoms with Crippen molar-refractivity contribution in [1.82, 2.24) is 0 Å². The molecular weight excluding hydrogens is 94.0 g/mol. The molecule has 7 heavy (non-hydrogen) atoms. The predicted octanol–water partition coefficient (Wildman–Crippen LogP) is -1.33. The molecule has 0 saturated heterocycles. The van der Waals surface area contributed by atoms with Crippen molar-refractivity contribution in [2.24, 2.45) is 0 Å². The highest BCUT2D eigenvalue weighted by atomic mass is 16.5. The van der Waals surface area contributed by atoms with Crippen LogP contribution in [0.1, 0.15) is 6.42 Å². The third-order valence-corrected chi connectivity index (χ3v) is 0.550. The van der Waals surface area contributed by atoms with Gasteiger partial charge < -0.3 is 9.94 Å². The number of hydrogen-bond donors (Lipinski definition) is 1. The topological polar surface area (TPSA) is 46.3 Å². The maximum atomic E-state index is 9.44. The molecule has 0 aliphatic rings. The predicted molar refractivity (Wildman–Crippen MR) is 26.9 cm³/mol. The van der Waals surface area contributed by atoms with Crippen LogP contribution in [-0.4, -0.2) is 19.9 Å². The van der Waals surface area contributed by atoms with Crippen LogP contribution in [0.25, 0.3) is 0 Å². The van der Waals surface area contributed by atoms with Gasteiger partial charge in [0, 0.05) is 13.5 Å². The molecule has 0 heterocycles. The lowest BCUT2D eigenvalue weighted by Crippen LogP contribution is -2.60. The summed E-state index contributed by atoms with van der Waals surface area (Å²) >= 11 is 0. The van der Waals surface area contributed by atoms with Crippen LogP contribution in [0, 0.1) is 5.21 Å². The molecule has 1 N–H and O–H groups in total. The van der Waals surface area contributed by atoms with Crippen LogP contribution >= 0.6 is 0 Å². The van der Waals surface area contributed by atoms with Crippen LogP contribution < -0.4 is 5.16 Å². The summed E-state index contributed by atoms with van der Waals surface area (Å²) < 4.78 is 4.63. The van der Waals surface area contributed by atoms with E-state index in [1.54, 1.807) is 12.3 Å². The molecule has 0 fully saturated rings. The quantitative estimate of drug-likeness (QED) is 0.208. The Morgan fingerprint density at radius 3 is 3.00 bits per heavy atom. The largest absolute Gasteiger partial charge is 0.626 e. The Balaban J connectivity index is 2.69. The highest BCUT2D eigenvalue weighted by Gasteiger charge is 1.76. The van der Waals surface area contributed by atoms with E-state index in [0.29, 0.717) is 13.0 Å². The fraction of sp³-hybridized carbons (Fsp3) is 0.750. The highest BCUT2D eigenvalue weighted by molar-refractivity contribution is 5.49. The summed E-state index contributed by atoms with van der Waals surface area (Å²) in [5.41, 5.74) is 0. The Labute approximate surface area is 42.6 Å². The van der Waals surface area contributed by atoms with E-state index in [0.717, 1.165) is 0 Å². The molecule has 0 aromatic carbocycles. The van der Waals surface area contributed by atoms with Crippen molar-refractivity contribution in [2.45, 2.75) is 6.42 Å². The van der Waals surface area contributed by atoms with Crippen LogP contribution in [-0.2, 0) is 4.74 Å². The highest BCUT2D eigenvalue weighted by Crippen LogP contribution is 1.67. The number of methoxy groups -OCH3 is 1. The summed E-state index contributed by atoms with van der Waals surface area (Å²) in [6.07, 6.45) is 2.07. The molecule has 0 saturated carbocycles. The molecule has 0 spiro atoms. The van der Waals surface area contributed by atoms with Gasteiger partial charge in [0.1, 0.15) is 0 Å². The van der Waals surface area contributed by atoms with Gasteiger partial charge in [-0.1, -0.05) is 0 Å². The normalized spacial score (nSPS) is 10.4. The standard InChI is InChI=1S/C4H9NO2/c1-7-4-2-3-5-6/h3,5H,2,4H2,1H3. The maximum Gasteiger partial charge on any atom is 0.151 e. The molecule has 0 amide bonds. The number of nitrogens with one attached hydrogen (secondary N) is 1. The zero-order valence-corrected chi connectivity index (χ0v) is 4.31. The summed E-state index contributed by atoms with van der Waals surface area (Å²) in [6.45, 7) is 0.606. The van der Waals surface area contributed by atoms with Crippen LogP contribution in [0.3, 0.4) is 0 Å². The maximum absolute atomic E-state index is 9.44. The summed E-state index contributed by atoms with van der Waals surface area (Å²) in [4.78, 5) is 0. The first-order valence-electron chi connectivity index (χ1n) is 2.10. The van der Waals surface area contributed by atoms with Gasteiger partial charge in [-0.05, 0) is 0 Å². The van der Waals surface area contributed by atoms with Gasteiger partial charge in [-0.25, -0.2) is 5.16 Å². The van der Waals surface area contributed by atoms with Gasteiger partial charge in [-0.3, -0.25) is 0 Å². The van der Waals surface area contributed by atoms with Crippen molar-refractivity contribution in [3.63, 3.8) is 0 Å². The van der Waals surface area contributed by atoms with E-state index >= 15 is 0 Å². The van der Waals surface area contributed by atoms with E-state index in [9.17, 15) is 5.21 Å². The van der Waals surface area contributed by atoms with Gasteiger partial charge in [0.15, 0.2) is 6.21 Å². The molecule has 0 rings (SSSR count). The molecule has 0 atom stereocenters. The Kier molecular flexibility index (Phi) is 4.99. The molecule has 3 heteroatoms. The average Bonchev–Trinajstić information content (AvgIpc) is 1.69. The van der Waals surface area contributed by atoms with Crippen LogP contribution in [0.15, 0.2) is 0 Å². The molecule has 0 unspecified atom stereocenters. The van der Waals surface area contributed by atoms with Gasteiger partial charge in [-0.2, -0.15) is 0 Å². The number of ether oxygens (including phenoxy) is 1. The SMILES string of the molecule is COCCC=[NH+][O-]. The average molecular weight is 103 g/mol. The second kappa shape index (κ2) is 5.43. The molecule has 0 aliphatic carbocycles. The Bertz CT molecular complexity index is 53.7. The van der Waals surface area contributed by atoms with Crippen molar-refractivity contribution in [2.75, 3.05) is 13.7 Å². The van der Waals surface area contributed by atoms with Gasteiger partial charge in [-0.15, -0.1) is 0 Å². The van der Waals surface area contributed by atoms with Crippen LogP contribution in [0.2, 0.25) is 0 Å². The lowest BCUT2D eigenvalue weighted by atomic mass is 10.5. The van der Waals surface area contributed by atoms with Crippen molar-refractivity contribution < 1.29 is 9.89 Å². The van der Waals surface area contributed by atoms with E-state index in [2.05, 4.69) is 4.74 Å². The van der Waals surface area contributed by atoms with Crippen molar-refractivity contribution >= 4 is 6.21 Å². The summed E-state index contributed by atoms with van der Waals surface area (Å²) in [7, 11) is 1.60. The number of rotatable bonds is 3. The van der Waals surface area contributed by atoms with E-state index in [1.807, 2.05) is 0 Å². The second-order valence-electron chi connectivity index (χ2n) is 1.10. The van der Waals surface area contributed by atoms with E-state index in [4.69, 9.17) is 0 Å². The van der Waals surface area contributed by atoms with E-state index in [1.165, 1.54) is 6.21 Å². The molecule has 0 aliphatic heterocycles. The van der Waals surface area contributed by atoms with Crippen LogP contribution in [0.4, 0.5) is 0 Å². The minimum atomic E-state index is 0.606. The summed E-state index contributed by atoms with van der Waals surface area (Å²) in [6, 6.07) is 0. The first kappa shape index (κ1) is 6.43. The fourth-order valence-electron chi connectivity index (χ4n) is 0.236. The number of hydrogen-bond acceptors (Lipinski definition) is 2. The fourth-order valence-corrected chi connectivity index (χ4v) is 0.236. The molecule has 0 radical (unpaired) electrons. The molecule has 0 aromatic rings. The monoisotopic (exact) mass is 103 g/mol. The molecular formula is C4H9NO2. The molecule has 42 valence electrons. The van der Waals surface area contributed by atoms with Gasteiger partial charge in [0.05, 0.1) is 6.61 Å². The minimum absolute atomic E-state index is 0.606. The second-order valence-corrected chi connectivity index (χ2v) is 1.10. The van der Waals surface area contributed by atoms with E-state index in [-0.39, 0.29) is 0 Å². The van der Waals surface area contributed by atoms with Gasteiger partial charge in [0.25, 0.3) is 0 Å². The first-order valence-corrected chi connectivity index (χ1v) is 2.10. The smallest absolute Gasteiger partial charge is 0.151 e. The van der Waals surface area contributed by atoms with Gasteiger partial charge >= 0.3 is 0 Å². The van der Waals surface area contributed by atoms with Gasteiger partial charge in [0.2, 0.25) is 0 Å². The third kappa shape index (κ3) is 5.43. The van der Waals surface area contributed by atoms with Crippen LogP contribution in [0.5, 0.6) is 0 Å². The zero-order valence-electron chi connectivity index (χ0n) is 4.31. The van der Waals surface area contributed by atoms with Crippen molar-refractivity contribution in [1.29, 1.82) is 0 Å². The Hall–Kier alpha value is -0.570. The third-order valence-electron chi connectivity index (χ3n) is 0.550. The minimum Gasteiger partial charge on any atom is -0.626 e. The summed E-state index contributed by atoms with van der Waals surface area (Å²) in [5.74, 6) is 0. The van der Waals surface area contributed by atoms with Crippen molar-refractivity contribution in [3.05, 3.63) is 5.21 Å². The Morgan fingerprint density at radius 2 is 2.57 bits per heavy atom. The first-order chi connectivity index (χ1) is 3.41. The lowest BCUT2D eigenvalue weighted by Gasteiger charge is -1.85. The zero-order chi connectivity index (χ0) is 5.54. The lowest BCUT2D eigenvalue weighted by molar-refractivity contribution is -0.368. The molecule has 0 bridgehead atoms.